The van der Waals surface area contributed by atoms with Crippen molar-refractivity contribution in [2.75, 3.05) is 0 Å². The maximum absolute atomic E-state index is 12.3. The molecule has 1 unspecified atom stereocenters. The number of hydrogen-bond donors (Lipinski definition) is 1. The van der Waals surface area contributed by atoms with Crippen molar-refractivity contribution in [2.24, 2.45) is 40.4 Å². The molecule has 1 N–H and O–H groups in total. The molecule has 2 nitrogen and oxygen atoms in total. The second-order valence-corrected chi connectivity index (χ2v) is 11.9. The van der Waals surface area contributed by atoms with Crippen LogP contribution in [-0.4, -0.2) is 16.5 Å². The molecule has 0 radical (unpaired) electrons. The lowest BCUT2D eigenvalue weighted by Crippen LogP contribution is -2.56. The van der Waals surface area contributed by atoms with E-state index in [0.29, 0.717) is 23.0 Å². The van der Waals surface area contributed by atoms with Crippen LogP contribution < -0.4 is 0 Å². The van der Waals surface area contributed by atoms with Crippen LogP contribution in [0, 0.1) is 52.3 Å². The molecule has 0 spiro atoms. The molecule has 0 bridgehead atoms. The topological polar surface area (TPSA) is 37.3 Å². The monoisotopic (exact) mass is 412 g/mol. The Kier molecular flexibility index (Phi) is 6.17. The van der Waals surface area contributed by atoms with Crippen molar-refractivity contribution >= 4 is 5.78 Å². The summed E-state index contributed by atoms with van der Waals surface area (Å²) >= 11 is 0. The fourth-order valence-corrected chi connectivity index (χ4v) is 8.72. The van der Waals surface area contributed by atoms with Gasteiger partial charge in [0.25, 0.3) is 0 Å². The number of unbranched alkanes of at least 4 members (excludes halogenated alkanes) is 3. The second-order valence-electron chi connectivity index (χ2n) is 11.9. The highest BCUT2D eigenvalue weighted by atomic mass is 16.3. The van der Waals surface area contributed by atoms with E-state index in [2.05, 4.69) is 32.6 Å². The molecule has 8 atom stereocenters. The minimum atomic E-state index is -0.751. The van der Waals surface area contributed by atoms with E-state index in [9.17, 15) is 9.90 Å². The number of fused-ring (bicyclic) bond motifs is 5. The average Bonchev–Trinajstić information content (AvgIpc) is 3.06. The normalized spacial score (nSPS) is 47.4. The Morgan fingerprint density at radius 1 is 0.967 bits per heavy atom. The minimum Gasteiger partial charge on any atom is -0.378 e. The molecule has 0 aromatic carbocycles. The third-order valence-corrected chi connectivity index (χ3v) is 10.4. The van der Waals surface area contributed by atoms with Gasteiger partial charge in [0.15, 0.2) is 0 Å². The van der Waals surface area contributed by atoms with Gasteiger partial charge in [-0.3, -0.25) is 4.79 Å². The van der Waals surface area contributed by atoms with Crippen LogP contribution in [0.2, 0.25) is 0 Å². The molecule has 168 valence electrons. The van der Waals surface area contributed by atoms with Crippen LogP contribution in [0.3, 0.4) is 0 Å². The Morgan fingerprint density at radius 2 is 1.73 bits per heavy atom. The van der Waals surface area contributed by atoms with Gasteiger partial charge in [-0.25, -0.2) is 0 Å². The predicted octanol–water partition coefficient (Wildman–Crippen LogP) is 6.55. The lowest BCUT2D eigenvalue weighted by Gasteiger charge is -2.61. The van der Waals surface area contributed by atoms with Crippen molar-refractivity contribution in [3.05, 3.63) is 0 Å². The molecule has 4 saturated carbocycles. The van der Waals surface area contributed by atoms with Gasteiger partial charge >= 0.3 is 0 Å². The number of aliphatic hydroxyl groups is 1. The van der Waals surface area contributed by atoms with Crippen LogP contribution >= 0.6 is 0 Å². The number of Topliss-reactive ketones (excluding diaryl/α,β-unsaturated/α-hetero) is 1. The van der Waals surface area contributed by atoms with E-state index in [-0.39, 0.29) is 5.41 Å². The fourth-order valence-electron chi connectivity index (χ4n) is 8.72. The summed E-state index contributed by atoms with van der Waals surface area (Å²) in [6, 6.07) is 0. The number of hydrogen-bond acceptors (Lipinski definition) is 2. The number of rotatable bonds is 4. The van der Waals surface area contributed by atoms with Gasteiger partial charge in [-0.15, -0.1) is 5.92 Å². The molecule has 0 aromatic heterocycles. The quantitative estimate of drug-likeness (QED) is 0.420. The first-order valence-corrected chi connectivity index (χ1v) is 13.0. The molecule has 0 saturated heterocycles. The number of carbonyl (C=O) groups is 1. The van der Waals surface area contributed by atoms with Gasteiger partial charge in [-0.05, 0) is 106 Å². The van der Waals surface area contributed by atoms with Crippen molar-refractivity contribution in [1.82, 2.24) is 0 Å². The highest BCUT2D eigenvalue weighted by Gasteiger charge is 2.61. The molecule has 0 aliphatic heterocycles. The summed E-state index contributed by atoms with van der Waals surface area (Å²) in [6.45, 7) is 9.03. The summed E-state index contributed by atoms with van der Waals surface area (Å²) in [4.78, 5) is 12.3. The van der Waals surface area contributed by atoms with E-state index < -0.39 is 5.60 Å². The Balaban J connectivity index is 1.47. The zero-order chi connectivity index (χ0) is 21.6. The first-order chi connectivity index (χ1) is 14.2. The molecule has 0 aromatic rings. The van der Waals surface area contributed by atoms with Crippen LogP contribution in [-0.2, 0) is 4.79 Å². The van der Waals surface area contributed by atoms with E-state index in [1.165, 1.54) is 44.9 Å². The first kappa shape index (κ1) is 22.4. The first-order valence-electron chi connectivity index (χ1n) is 13.0. The SMILES string of the molecule is CCCCCC#C[C@]1(O)CC[C@@]2(C)C(CC[C@H]3[C@@H]4CC[C@H](C(C)=O)[C@@]4(C)CC[C@@H]32)C1. The van der Waals surface area contributed by atoms with E-state index >= 15 is 0 Å². The second kappa shape index (κ2) is 8.27. The Hall–Kier alpha value is -0.810. The molecular formula is C28H44O2. The molecule has 2 heteroatoms. The Bertz CT molecular complexity index is 716. The molecular weight excluding hydrogens is 368 g/mol. The smallest absolute Gasteiger partial charge is 0.133 e. The van der Waals surface area contributed by atoms with Gasteiger partial charge in [-0.2, -0.15) is 0 Å². The van der Waals surface area contributed by atoms with Crippen molar-refractivity contribution < 1.29 is 9.90 Å². The van der Waals surface area contributed by atoms with Crippen molar-refractivity contribution in [3.63, 3.8) is 0 Å². The van der Waals surface area contributed by atoms with E-state index in [4.69, 9.17) is 0 Å². The molecule has 4 aliphatic carbocycles. The van der Waals surface area contributed by atoms with Gasteiger partial charge in [0, 0.05) is 12.3 Å². The Morgan fingerprint density at radius 3 is 2.47 bits per heavy atom. The average molecular weight is 413 g/mol. The molecule has 0 amide bonds. The lowest BCUT2D eigenvalue weighted by atomic mass is 9.44. The summed E-state index contributed by atoms with van der Waals surface area (Å²) in [5.74, 6) is 10.3. The molecule has 4 rings (SSSR count). The van der Waals surface area contributed by atoms with Gasteiger partial charge < -0.3 is 5.11 Å². The van der Waals surface area contributed by atoms with E-state index in [1.54, 1.807) is 0 Å². The molecule has 0 heterocycles. The minimum absolute atomic E-state index is 0.246. The van der Waals surface area contributed by atoms with Crippen LogP contribution in [0.4, 0.5) is 0 Å². The van der Waals surface area contributed by atoms with Gasteiger partial charge in [-0.1, -0.05) is 39.5 Å². The highest BCUT2D eigenvalue weighted by Crippen LogP contribution is 2.68. The van der Waals surface area contributed by atoms with Crippen LogP contribution in [0.5, 0.6) is 0 Å². The molecule has 30 heavy (non-hydrogen) atoms. The zero-order valence-corrected chi connectivity index (χ0v) is 19.9. The molecule has 4 aliphatic rings. The maximum atomic E-state index is 12.3. The van der Waals surface area contributed by atoms with Crippen LogP contribution in [0.25, 0.3) is 0 Å². The fraction of sp³-hybridized carbons (Fsp3) is 0.893. The number of carbonyl (C=O) groups excluding carboxylic acids is 1. The largest absolute Gasteiger partial charge is 0.378 e. The van der Waals surface area contributed by atoms with Crippen molar-refractivity contribution in [2.45, 2.75) is 117 Å². The maximum Gasteiger partial charge on any atom is 0.133 e. The highest BCUT2D eigenvalue weighted by molar-refractivity contribution is 5.79. The number of ketones is 1. The summed E-state index contributed by atoms with van der Waals surface area (Å²) in [7, 11) is 0. The standard InChI is InChI=1S/C28H44O2/c1-5-6-7-8-9-15-28(30)18-17-26(3)21(19-28)10-11-22-24-13-12-23(20(2)29)27(24,4)16-14-25(22)26/h21-25,30H,5-8,10-14,16-19H2,1-4H3/t21?,22-,23+,24-,25-,26-,27+,28-/m0/s1. The van der Waals surface area contributed by atoms with Gasteiger partial charge in [0.05, 0.1) is 0 Å². The van der Waals surface area contributed by atoms with Crippen molar-refractivity contribution in [1.29, 1.82) is 0 Å². The summed E-state index contributed by atoms with van der Waals surface area (Å²) in [6.07, 6.45) is 14.8. The summed E-state index contributed by atoms with van der Waals surface area (Å²) in [5, 5.41) is 11.3. The third kappa shape index (κ3) is 3.68. The predicted molar refractivity (Wildman–Crippen MR) is 123 cm³/mol. The lowest BCUT2D eigenvalue weighted by molar-refractivity contribution is -0.144. The van der Waals surface area contributed by atoms with Crippen LogP contribution in [0.15, 0.2) is 0 Å². The van der Waals surface area contributed by atoms with E-state index in [1.807, 2.05) is 6.92 Å². The van der Waals surface area contributed by atoms with Gasteiger partial charge in [0.1, 0.15) is 11.4 Å². The zero-order valence-electron chi connectivity index (χ0n) is 19.9. The van der Waals surface area contributed by atoms with Gasteiger partial charge in [0.2, 0.25) is 0 Å². The third-order valence-electron chi connectivity index (χ3n) is 10.4. The Labute approximate surface area is 185 Å². The van der Waals surface area contributed by atoms with Crippen LogP contribution in [0.1, 0.15) is 111 Å². The van der Waals surface area contributed by atoms with E-state index in [0.717, 1.165) is 56.3 Å². The summed E-state index contributed by atoms with van der Waals surface area (Å²) < 4.78 is 0. The molecule has 4 fully saturated rings. The van der Waals surface area contributed by atoms with Crippen molar-refractivity contribution in [3.8, 4) is 11.8 Å². The summed E-state index contributed by atoms with van der Waals surface area (Å²) in [5.41, 5.74) is -0.149.